The van der Waals surface area contributed by atoms with Crippen molar-refractivity contribution >= 4 is 34.4 Å². The molecule has 6 heteroatoms. The van der Waals surface area contributed by atoms with Gasteiger partial charge in [-0.15, -0.1) is 11.8 Å². The van der Waals surface area contributed by atoms with Gasteiger partial charge >= 0.3 is 11.6 Å². The topological polar surface area (TPSA) is 59.8 Å². The van der Waals surface area contributed by atoms with Crippen molar-refractivity contribution in [2.45, 2.75) is 18.7 Å². The lowest BCUT2D eigenvalue weighted by Crippen LogP contribution is -2.18. The van der Waals surface area contributed by atoms with Crippen LogP contribution in [-0.2, 0) is 4.74 Å². The van der Waals surface area contributed by atoms with E-state index >= 15 is 0 Å². The van der Waals surface area contributed by atoms with Crippen LogP contribution < -0.4 is 10.5 Å². The molecule has 0 saturated carbocycles. The van der Waals surface area contributed by atoms with Gasteiger partial charge in [0.15, 0.2) is 5.56 Å². The number of carbonyl (C=O) groups is 1. The van der Waals surface area contributed by atoms with E-state index in [1.165, 1.54) is 11.8 Å². The highest BCUT2D eigenvalue weighted by atomic mass is 32.2. The van der Waals surface area contributed by atoms with E-state index in [1.807, 2.05) is 38.1 Å². The normalized spacial score (nSPS) is 10.7. The van der Waals surface area contributed by atoms with E-state index in [2.05, 4.69) is 0 Å². The number of fused-ring (bicyclic) bond motifs is 1. The lowest BCUT2D eigenvalue weighted by Gasteiger charge is -2.14. The molecule has 0 saturated heterocycles. The highest BCUT2D eigenvalue weighted by Gasteiger charge is 2.22. The molecule has 0 amide bonds. The Morgan fingerprint density at radius 2 is 2.05 bits per heavy atom. The third kappa shape index (κ3) is 3.11. The van der Waals surface area contributed by atoms with Crippen LogP contribution in [0.3, 0.4) is 0 Å². The second-order valence-electron chi connectivity index (χ2n) is 4.82. The molecule has 0 aliphatic carbocycles. The summed E-state index contributed by atoms with van der Waals surface area (Å²) in [5.74, 6) is 0.103. The number of esters is 1. The second kappa shape index (κ2) is 6.87. The number of anilines is 1. The molecule has 0 N–H and O–H groups in total. The summed E-state index contributed by atoms with van der Waals surface area (Å²) in [5.41, 5.74) is 0.726. The molecule has 2 aromatic rings. The first kappa shape index (κ1) is 16.4. The molecule has 0 aliphatic rings. The first-order valence-electron chi connectivity index (χ1n) is 7.07. The summed E-state index contributed by atoms with van der Waals surface area (Å²) in [7, 11) is 3.82. The number of hydrogen-bond acceptors (Lipinski definition) is 6. The van der Waals surface area contributed by atoms with Gasteiger partial charge in [-0.05, 0) is 24.8 Å². The first-order valence-corrected chi connectivity index (χ1v) is 8.06. The number of thioether (sulfide) groups is 1. The van der Waals surface area contributed by atoms with Crippen LogP contribution in [0.25, 0.3) is 11.0 Å². The van der Waals surface area contributed by atoms with Gasteiger partial charge in [0.05, 0.1) is 6.61 Å². The Kier molecular flexibility index (Phi) is 5.13. The van der Waals surface area contributed by atoms with Crippen LogP contribution in [-0.4, -0.2) is 32.4 Å². The van der Waals surface area contributed by atoms with Crippen LogP contribution >= 0.6 is 11.8 Å². The van der Waals surface area contributed by atoms with E-state index in [1.54, 1.807) is 13.0 Å². The number of benzene rings is 1. The van der Waals surface area contributed by atoms with Crippen molar-refractivity contribution in [1.82, 2.24) is 0 Å². The van der Waals surface area contributed by atoms with Crippen molar-refractivity contribution in [1.29, 1.82) is 0 Å². The molecule has 1 heterocycles. The van der Waals surface area contributed by atoms with Gasteiger partial charge in [0.25, 0.3) is 0 Å². The Labute approximate surface area is 133 Å². The van der Waals surface area contributed by atoms with Crippen molar-refractivity contribution in [2.75, 3.05) is 31.4 Å². The van der Waals surface area contributed by atoms with Gasteiger partial charge < -0.3 is 14.1 Å². The fourth-order valence-corrected chi connectivity index (χ4v) is 3.04. The van der Waals surface area contributed by atoms with Crippen LogP contribution in [0, 0.1) is 0 Å². The predicted octanol–water partition coefficient (Wildman–Crippen LogP) is 3.15. The fourth-order valence-electron chi connectivity index (χ4n) is 2.11. The Morgan fingerprint density at radius 3 is 2.64 bits per heavy atom. The van der Waals surface area contributed by atoms with Gasteiger partial charge in [0, 0.05) is 36.1 Å². The van der Waals surface area contributed by atoms with Gasteiger partial charge in [-0.2, -0.15) is 0 Å². The number of carbonyl (C=O) groups excluding carboxylic acids is 1. The van der Waals surface area contributed by atoms with E-state index in [0.717, 1.165) is 16.8 Å². The predicted molar refractivity (Wildman–Crippen MR) is 89.2 cm³/mol. The Hall–Kier alpha value is -1.95. The Balaban J connectivity index is 2.73. The number of ether oxygens (including phenoxy) is 1. The molecule has 5 nitrogen and oxygen atoms in total. The zero-order valence-electron chi connectivity index (χ0n) is 13.1. The van der Waals surface area contributed by atoms with Crippen molar-refractivity contribution in [2.24, 2.45) is 0 Å². The third-order valence-corrected chi connectivity index (χ3v) is 4.13. The summed E-state index contributed by atoms with van der Waals surface area (Å²) in [6, 6.07) is 5.59. The second-order valence-corrected chi connectivity index (χ2v) is 6.10. The summed E-state index contributed by atoms with van der Waals surface area (Å²) in [6.07, 6.45) is 0. The quantitative estimate of drug-likeness (QED) is 0.479. The van der Waals surface area contributed by atoms with Crippen molar-refractivity contribution in [3.63, 3.8) is 0 Å². The molecule has 22 heavy (non-hydrogen) atoms. The average Bonchev–Trinajstić information content (AvgIpc) is 2.46. The average molecular weight is 321 g/mol. The smallest absolute Gasteiger partial charge is 0.352 e. The minimum atomic E-state index is -0.655. The van der Waals surface area contributed by atoms with Crippen LogP contribution in [0.4, 0.5) is 5.69 Å². The molecule has 0 atom stereocenters. The lowest BCUT2D eigenvalue weighted by molar-refractivity contribution is 0.0517. The zero-order valence-corrected chi connectivity index (χ0v) is 14.0. The fraction of sp³-hybridized carbons (Fsp3) is 0.375. The Bertz CT molecular complexity index is 752. The molecule has 0 aliphatic heterocycles. The highest BCUT2D eigenvalue weighted by Crippen LogP contribution is 2.32. The number of hydrogen-bond donors (Lipinski definition) is 0. The molecule has 1 aromatic carbocycles. The summed E-state index contributed by atoms with van der Waals surface area (Å²) in [4.78, 5) is 26.9. The molecular weight excluding hydrogens is 302 g/mol. The maximum Gasteiger partial charge on any atom is 0.352 e. The molecule has 0 unspecified atom stereocenters. The first-order chi connectivity index (χ1) is 10.5. The maximum atomic E-state index is 12.2. The summed E-state index contributed by atoms with van der Waals surface area (Å²) >= 11 is 1.44. The number of nitrogens with zero attached hydrogens (tertiary/aromatic N) is 1. The van der Waals surface area contributed by atoms with Crippen molar-refractivity contribution in [3.8, 4) is 0 Å². The Morgan fingerprint density at radius 1 is 1.32 bits per heavy atom. The highest BCUT2D eigenvalue weighted by molar-refractivity contribution is 7.99. The maximum absolute atomic E-state index is 12.2. The van der Waals surface area contributed by atoms with Gasteiger partial charge in [0.2, 0.25) is 0 Å². The minimum absolute atomic E-state index is 0.0150. The van der Waals surface area contributed by atoms with Gasteiger partial charge in [-0.1, -0.05) is 6.92 Å². The minimum Gasteiger partial charge on any atom is -0.462 e. The third-order valence-electron chi connectivity index (χ3n) is 3.13. The molecule has 1 aromatic heterocycles. The molecule has 2 rings (SSSR count). The van der Waals surface area contributed by atoms with E-state index in [4.69, 9.17) is 9.15 Å². The van der Waals surface area contributed by atoms with E-state index in [0.29, 0.717) is 10.5 Å². The van der Waals surface area contributed by atoms with Crippen LogP contribution in [0.5, 0.6) is 0 Å². The molecule has 0 bridgehead atoms. The monoisotopic (exact) mass is 321 g/mol. The van der Waals surface area contributed by atoms with Crippen LogP contribution in [0.15, 0.2) is 32.3 Å². The summed E-state index contributed by atoms with van der Waals surface area (Å²) < 4.78 is 10.3. The molecule has 0 radical (unpaired) electrons. The molecule has 0 spiro atoms. The van der Waals surface area contributed by atoms with Crippen molar-refractivity contribution < 1.29 is 13.9 Å². The van der Waals surface area contributed by atoms with E-state index < -0.39 is 11.6 Å². The zero-order chi connectivity index (χ0) is 16.3. The summed E-state index contributed by atoms with van der Waals surface area (Å²) in [6.45, 7) is 3.89. The van der Waals surface area contributed by atoms with Gasteiger partial charge in [-0.25, -0.2) is 9.59 Å². The van der Waals surface area contributed by atoms with E-state index in [9.17, 15) is 9.59 Å². The van der Waals surface area contributed by atoms with Crippen molar-refractivity contribution in [3.05, 3.63) is 34.2 Å². The SMILES string of the molecule is CCOC(=O)c1c(SCC)c2ccc(N(C)C)cc2oc1=O. The largest absolute Gasteiger partial charge is 0.462 e. The van der Waals surface area contributed by atoms with E-state index in [-0.39, 0.29) is 12.2 Å². The number of rotatable bonds is 5. The lowest BCUT2D eigenvalue weighted by atomic mass is 10.1. The summed E-state index contributed by atoms with van der Waals surface area (Å²) in [5, 5.41) is 0.750. The molecule has 118 valence electrons. The standard InChI is InChI=1S/C16H19NO4S/c1-5-20-15(18)13-14(22-6-2)11-8-7-10(17(3)4)9-12(11)21-16(13)19/h7-9H,5-6H2,1-4H3. The van der Waals surface area contributed by atoms with Crippen LogP contribution in [0.1, 0.15) is 24.2 Å². The molecule has 0 fully saturated rings. The van der Waals surface area contributed by atoms with Gasteiger partial charge in [-0.3, -0.25) is 0 Å². The molecular formula is C16H19NO4S. The van der Waals surface area contributed by atoms with Crippen LogP contribution in [0.2, 0.25) is 0 Å². The van der Waals surface area contributed by atoms with Gasteiger partial charge in [0.1, 0.15) is 5.58 Å².